The van der Waals surface area contributed by atoms with Gasteiger partial charge in [0, 0.05) is 28.2 Å². The molecule has 0 aliphatic carbocycles. The van der Waals surface area contributed by atoms with Gasteiger partial charge in [-0.2, -0.15) is 4.98 Å². The molecule has 1 fully saturated rings. The molecular weight excluding hydrogens is 563 g/mol. The summed E-state index contributed by atoms with van der Waals surface area (Å²) in [5, 5.41) is 8.53. The Balaban J connectivity index is 1.24. The lowest BCUT2D eigenvalue weighted by Crippen LogP contribution is -2.40. The quantitative estimate of drug-likeness (QED) is 0.230. The third-order valence-electron chi connectivity index (χ3n) is 6.34. The molecule has 1 aliphatic heterocycles. The molecule has 3 aromatic carbocycles. The zero-order valence-electron chi connectivity index (χ0n) is 21.0. The summed E-state index contributed by atoms with van der Waals surface area (Å²) in [7, 11) is 1.59. The maximum absolute atomic E-state index is 13.3. The van der Waals surface area contributed by atoms with E-state index in [4.69, 9.17) is 48.8 Å². The van der Waals surface area contributed by atoms with Gasteiger partial charge in [-0.15, -0.1) is 0 Å². The number of hydrogen-bond acceptors (Lipinski definition) is 7. The lowest BCUT2D eigenvalue weighted by atomic mass is 9.97. The van der Waals surface area contributed by atoms with Crippen LogP contribution in [-0.2, 0) is 11.3 Å². The van der Waals surface area contributed by atoms with Crippen LogP contribution in [0.2, 0.25) is 15.1 Å². The van der Waals surface area contributed by atoms with E-state index in [-0.39, 0.29) is 11.8 Å². The number of piperidine rings is 1. The zero-order chi connectivity index (χ0) is 27.4. The van der Waals surface area contributed by atoms with Gasteiger partial charge in [0.1, 0.15) is 11.5 Å². The third-order valence-corrected chi connectivity index (χ3v) is 7.13. The largest absolute Gasteiger partial charge is 0.497 e. The summed E-state index contributed by atoms with van der Waals surface area (Å²) in [4.78, 5) is 19.9. The number of hydrogen-bond donors (Lipinski definition) is 1. The van der Waals surface area contributed by atoms with Crippen molar-refractivity contribution in [1.82, 2.24) is 15.0 Å². The Morgan fingerprint density at radius 2 is 1.87 bits per heavy atom. The predicted octanol–water partition coefficient (Wildman–Crippen LogP) is 7.35. The van der Waals surface area contributed by atoms with Crippen LogP contribution in [0, 0.1) is 5.92 Å². The van der Waals surface area contributed by atoms with Gasteiger partial charge in [-0.3, -0.25) is 9.69 Å². The number of rotatable bonds is 8. The van der Waals surface area contributed by atoms with Crippen molar-refractivity contribution in [2.75, 3.05) is 25.5 Å². The third kappa shape index (κ3) is 6.83. The van der Waals surface area contributed by atoms with Gasteiger partial charge in [0.05, 0.1) is 30.3 Å². The van der Waals surface area contributed by atoms with Gasteiger partial charge < -0.3 is 19.3 Å². The number of halogens is 3. The Bertz CT molecular complexity index is 1480. The van der Waals surface area contributed by atoms with E-state index in [1.54, 1.807) is 49.6 Å². The fourth-order valence-electron chi connectivity index (χ4n) is 4.42. The molecule has 202 valence electrons. The van der Waals surface area contributed by atoms with E-state index < -0.39 is 0 Å². The van der Waals surface area contributed by atoms with Crippen LogP contribution in [0.25, 0.3) is 11.4 Å². The maximum Gasteiger partial charge on any atom is 0.241 e. The number of ether oxygens (including phenoxy) is 2. The number of nitrogens with one attached hydrogen (secondary N) is 1. The van der Waals surface area contributed by atoms with Crippen LogP contribution < -0.4 is 14.8 Å². The topological polar surface area (TPSA) is 89.7 Å². The fourth-order valence-corrected chi connectivity index (χ4v) is 5.08. The number of nitrogens with zero attached hydrogens (tertiary/aromatic N) is 3. The van der Waals surface area contributed by atoms with Crippen LogP contribution in [0.4, 0.5) is 5.69 Å². The summed E-state index contributed by atoms with van der Waals surface area (Å²) >= 11 is 18.5. The monoisotopic (exact) mass is 586 g/mol. The molecule has 1 saturated heterocycles. The van der Waals surface area contributed by atoms with Gasteiger partial charge in [0.25, 0.3) is 0 Å². The normalized spacial score (nSPS) is 15.6. The fraction of sp³-hybridized carbons (Fsp3) is 0.250. The van der Waals surface area contributed by atoms with Gasteiger partial charge in [0.15, 0.2) is 5.75 Å². The van der Waals surface area contributed by atoms with E-state index in [1.165, 1.54) is 0 Å². The molecule has 2 heterocycles. The number of amides is 1. The second kappa shape index (κ2) is 12.3. The molecule has 8 nitrogen and oxygen atoms in total. The molecule has 1 unspecified atom stereocenters. The summed E-state index contributed by atoms with van der Waals surface area (Å²) in [6.45, 7) is 1.77. The summed E-state index contributed by atoms with van der Waals surface area (Å²) in [5.41, 5.74) is 1.13. The Kier molecular flexibility index (Phi) is 8.57. The van der Waals surface area contributed by atoms with Gasteiger partial charge in [-0.1, -0.05) is 46.0 Å². The molecule has 39 heavy (non-hydrogen) atoms. The molecule has 5 rings (SSSR count). The van der Waals surface area contributed by atoms with Crippen molar-refractivity contribution in [2.24, 2.45) is 5.92 Å². The van der Waals surface area contributed by atoms with Crippen LogP contribution in [0.1, 0.15) is 18.7 Å². The Morgan fingerprint density at radius 1 is 1.08 bits per heavy atom. The molecule has 0 radical (unpaired) electrons. The average molecular weight is 588 g/mol. The molecule has 11 heteroatoms. The van der Waals surface area contributed by atoms with Crippen molar-refractivity contribution in [1.29, 1.82) is 0 Å². The Morgan fingerprint density at radius 3 is 2.69 bits per heavy atom. The second-order valence-corrected chi connectivity index (χ2v) is 10.4. The smallest absolute Gasteiger partial charge is 0.241 e. The minimum atomic E-state index is -0.240. The van der Waals surface area contributed by atoms with Crippen molar-refractivity contribution in [3.05, 3.63) is 81.6 Å². The molecular formula is C28H25Cl3N4O4. The van der Waals surface area contributed by atoms with E-state index >= 15 is 0 Å². The van der Waals surface area contributed by atoms with Crippen molar-refractivity contribution in [2.45, 2.75) is 19.4 Å². The van der Waals surface area contributed by atoms with Crippen LogP contribution in [-0.4, -0.2) is 41.1 Å². The Hall–Kier alpha value is -3.30. The molecule has 1 amide bonds. The first-order valence-electron chi connectivity index (χ1n) is 12.3. The van der Waals surface area contributed by atoms with Gasteiger partial charge in [-0.25, -0.2) is 0 Å². The zero-order valence-corrected chi connectivity index (χ0v) is 23.3. The first-order valence-corrected chi connectivity index (χ1v) is 13.4. The van der Waals surface area contributed by atoms with E-state index in [0.717, 1.165) is 19.4 Å². The number of aromatic nitrogens is 2. The summed E-state index contributed by atoms with van der Waals surface area (Å²) < 4.78 is 16.8. The van der Waals surface area contributed by atoms with E-state index in [9.17, 15) is 4.79 Å². The van der Waals surface area contributed by atoms with E-state index in [1.807, 2.05) is 18.2 Å². The van der Waals surface area contributed by atoms with Crippen molar-refractivity contribution in [3.63, 3.8) is 0 Å². The number of anilines is 1. The van der Waals surface area contributed by atoms with Crippen molar-refractivity contribution in [3.8, 4) is 28.6 Å². The standard InChI is InChI=1S/C28H25Cl3N4O4/c1-37-20-5-2-6-21(14-20)38-25-10-8-19(30)13-24(25)32-28(36)17-4-3-11-35(15-17)16-26-33-27(34-39-26)22-9-7-18(29)12-23(22)31/h2,5-10,12-14,17H,3-4,11,15-16H2,1H3,(H,32,36). The summed E-state index contributed by atoms with van der Waals surface area (Å²) in [6, 6.07) is 17.5. The predicted molar refractivity (Wildman–Crippen MR) is 151 cm³/mol. The maximum atomic E-state index is 13.3. The van der Waals surface area contributed by atoms with Crippen LogP contribution in [0.15, 0.2) is 65.2 Å². The molecule has 0 spiro atoms. The number of likely N-dealkylation sites (tertiary alicyclic amines) is 1. The molecule has 1 aliphatic rings. The van der Waals surface area contributed by atoms with E-state index in [0.29, 0.717) is 68.4 Å². The molecule has 1 atom stereocenters. The molecule has 1 aromatic heterocycles. The highest BCUT2D eigenvalue weighted by Gasteiger charge is 2.28. The lowest BCUT2D eigenvalue weighted by Gasteiger charge is -2.31. The van der Waals surface area contributed by atoms with Gasteiger partial charge >= 0.3 is 0 Å². The summed E-state index contributed by atoms with van der Waals surface area (Å²) in [6.07, 6.45) is 1.61. The SMILES string of the molecule is COc1cccc(Oc2ccc(Cl)cc2NC(=O)C2CCCN(Cc3nc(-c4ccc(Cl)cc4Cl)no3)C2)c1. The second-order valence-electron chi connectivity index (χ2n) is 9.12. The number of methoxy groups -OCH3 is 1. The highest BCUT2D eigenvalue weighted by Crippen LogP contribution is 2.34. The first kappa shape index (κ1) is 27.3. The average Bonchev–Trinajstić information content (AvgIpc) is 3.38. The molecule has 4 aromatic rings. The number of carbonyl (C=O) groups is 1. The molecule has 1 N–H and O–H groups in total. The van der Waals surface area contributed by atoms with Crippen LogP contribution in [0.3, 0.4) is 0 Å². The van der Waals surface area contributed by atoms with E-state index in [2.05, 4.69) is 20.4 Å². The number of carbonyl (C=O) groups excluding carboxylic acids is 1. The minimum absolute atomic E-state index is 0.114. The van der Waals surface area contributed by atoms with Crippen LogP contribution in [0.5, 0.6) is 17.2 Å². The van der Waals surface area contributed by atoms with Gasteiger partial charge in [0.2, 0.25) is 17.6 Å². The number of benzene rings is 3. The highest BCUT2D eigenvalue weighted by atomic mass is 35.5. The first-order chi connectivity index (χ1) is 18.9. The molecule has 0 bridgehead atoms. The van der Waals surface area contributed by atoms with Crippen LogP contribution >= 0.6 is 34.8 Å². The Labute approximate surface area is 240 Å². The summed E-state index contributed by atoms with van der Waals surface area (Å²) in [5.74, 6) is 2.21. The highest BCUT2D eigenvalue weighted by molar-refractivity contribution is 6.36. The van der Waals surface area contributed by atoms with Gasteiger partial charge in [-0.05, 0) is 67.9 Å². The minimum Gasteiger partial charge on any atom is -0.497 e. The lowest BCUT2D eigenvalue weighted by molar-refractivity contribution is -0.121. The molecule has 0 saturated carbocycles. The van der Waals surface area contributed by atoms with Crippen molar-refractivity contribution < 1.29 is 18.8 Å². The van der Waals surface area contributed by atoms with Crippen molar-refractivity contribution >= 4 is 46.4 Å².